The van der Waals surface area contributed by atoms with Crippen LogP contribution in [-0.4, -0.2) is 16.2 Å². The fourth-order valence-corrected chi connectivity index (χ4v) is 2.77. The lowest BCUT2D eigenvalue weighted by Crippen LogP contribution is -2.14. The summed E-state index contributed by atoms with van der Waals surface area (Å²) in [7, 11) is 0. The third-order valence-corrected chi connectivity index (χ3v) is 4.16. The Morgan fingerprint density at radius 3 is 2.48 bits per heavy atom. The second kappa shape index (κ2) is 7.32. The van der Waals surface area contributed by atoms with E-state index in [2.05, 4.69) is 5.16 Å². The summed E-state index contributed by atoms with van der Waals surface area (Å²) in [6, 6.07) is 17.0. The number of nitrogens with two attached hydrogens (primary N) is 1. The predicted octanol–water partition coefficient (Wildman–Crippen LogP) is 3.42. The molecule has 5 heteroatoms. The van der Waals surface area contributed by atoms with Crippen molar-refractivity contribution in [1.29, 1.82) is 0 Å². The number of benzene rings is 2. The van der Waals surface area contributed by atoms with Crippen molar-refractivity contribution >= 4 is 5.91 Å². The van der Waals surface area contributed by atoms with E-state index in [0.717, 1.165) is 16.7 Å². The van der Waals surface area contributed by atoms with Gasteiger partial charge < -0.3 is 15.4 Å². The van der Waals surface area contributed by atoms with Crippen molar-refractivity contribution in [1.82, 2.24) is 5.16 Å². The number of aliphatic hydroxyl groups is 1. The third-order valence-electron chi connectivity index (χ3n) is 4.16. The van der Waals surface area contributed by atoms with E-state index in [-0.39, 0.29) is 5.56 Å². The first-order valence-corrected chi connectivity index (χ1v) is 8.14. The zero-order valence-electron chi connectivity index (χ0n) is 14.0. The molecule has 0 aliphatic carbocycles. The van der Waals surface area contributed by atoms with Crippen LogP contribution in [0.25, 0.3) is 11.3 Å². The fourth-order valence-electron chi connectivity index (χ4n) is 2.77. The molecule has 1 amide bonds. The molecule has 1 aromatic heterocycles. The molecule has 3 rings (SSSR count). The van der Waals surface area contributed by atoms with E-state index >= 15 is 0 Å². The van der Waals surface area contributed by atoms with Gasteiger partial charge in [-0.15, -0.1) is 0 Å². The maximum absolute atomic E-state index is 11.9. The van der Waals surface area contributed by atoms with Crippen molar-refractivity contribution in [2.45, 2.75) is 25.9 Å². The van der Waals surface area contributed by atoms with Crippen LogP contribution in [0.3, 0.4) is 0 Å². The van der Waals surface area contributed by atoms with Crippen molar-refractivity contribution in [2.24, 2.45) is 5.73 Å². The topological polar surface area (TPSA) is 89.3 Å². The van der Waals surface area contributed by atoms with E-state index in [0.29, 0.717) is 24.3 Å². The first kappa shape index (κ1) is 16.9. The number of amides is 1. The average molecular weight is 336 g/mol. The van der Waals surface area contributed by atoms with Crippen molar-refractivity contribution in [3.63, 3.8) is 0 Å². The lowest BCUT2D eigenvalue weighted by Gasteiger charge is -2.09. The smallest absolute Gasteiger partial charge is 0.254 e. The molecule has 1 unspecified atom stereocenters. The van der Waals surface area contributed by atoms with E-state index in [1.54, 1.807) is 0 Å². The number of hydrogen-bond acceptors (Lipinski definition) is 4. The number of aryl methyl sites for hydroxylation is 2. The van der Waals surface area contributed by atoms with Crippen molar-refractivity contribution < 1.29 is 14.4 Å². The highest BCUT2D eigenvalue weighted by Gasteiger charge is 2.22. The van der Waals surface area contributed by atoms with Crippen molar-refractivity contribution in [3.8, 4) is 11.3 Å². The molecular formula is C20H20N2O3. The summed E-state index contributed by atoms with van der Waals surface area (Å²) >= 11 is 0. The predicted molar refractivity (Wildman–Crippen MR) is 94.9 cm³/mol. The molecule has 3 aromatic rings. The van der Waals surface area contributed by atoms with Gasteiger partial charge in [0.25, 0.3) is 5.91 Å². The van der Waals surface area contributed by atoms with Crippen molar-refractivity contribution in [2.75, 3.05) is 0 Å². The number of aromatic nitrogens is 1. The number of primary amides is 1. The third kappa shape index (κ3) is 3.78. The van der Waals surface area contributed by atoms with Crippen LogP contribution in [0.15, 0.2) is 59.1 Å². The molecule has 0 saturated carbocycles. The zero-order valence-corrected chi connectivity index (χ0v) is 14.0. The lowest BCUT2D eigenvalue weighted by molar-refractivity contribution is 0.0997. The SMILES string of the molecule is Cc1ccc(-c2noc(CCC(O)c3ccccc3)c2C(N)=O)cc1. The summed E-state index contributed by atoms with van der Waals surface area (Å²) in [4.78, 5) is 11.9. The number of carbonyl (C=O) groups excluding carboxylic acids is 1. The highest BCUT2D eigenvalue weighted by atomic mass is 16.5. The van der Waals surface area contributed by atoms with Crippen LogP contribution in [0.5, 0.6) is 0 Å². The van der Waals surface area contributed by atoms with Gasteiger partial charge in [0.1, 0.15) is 17.0 Å². The maximum Gasteiger partial charge on any atom is 0.254 e. The van der Waals surface area contributed by atoms with Gasteiger partial charge in [-0.2, -0.15) is 0 Å². The summed E-state index contributed by atoms with van der Waals surface area (Å²) in [6.07, 6.45) is 0.134. The summed E-state index contributed by atoms with van der Waals surface area (Å²) in [5, 5.41) is 14.3. The Kier molecular flexibility index (Phi) is 4.95. The van der Waals surface area contributed by atoms with Crippen LogP contribution in [0, 0.1) is 6.92 Å². The second-order valence-corrected chi connectivity index (χ2v) is 6.02. The number of rotatable bonds is 6. The molecule has 2 aromatic carbocycles. The highest BCUT2D eigenvalue weighted by Crippen LogP contribution is 2.28. The minimum Gasteiger partial charge on any atom is -0.388 e. The maximum atomic E-state index is 11.9. The Labute approximate surface area is 146 Å². The molecule has 0 aliphatic heterocycles. The van der Waals surface area contributed by atoms with Gasteiger partial charge in [0.2, 0.25) is 0 Å². The first-order valence-electron chi connectivity index (χ1n) is 8.14. The molecular weight excluding hydrogens is 316 g/mol. The molecule has 1 heterocycles. The summed E-state index contributed by atoms with van der Waals surface area (Å²) in [6.45, 7) is 1.98. The van der Waals surface area contributed by atoms with Crippen LogP contribution in [0.1, 0.15) is 39.8 Å². The minimum absolute atomic E-state index is 0.282. The van der Waals surface area contributed by atoms with Gasteiger partial charge in [0.05, 0.1) is 6.10 Å². The largest absolute Gasteiger partial charge is 0.388 e. The van der Waals surface area contributed by atoms with Gasteiger partial charge in [-0.25, -0.2) is 0 Å². The van der Waals surface area contributed by atoms with Gasteiger partial charge in [-0.1, -0.05) is 65.3 Å². The molecule has 3 N–H and O–H groups in total. The molecule has 5 nitrogen and oxygen atoms in total. The minimum atomic E-state index is -0.644. The normalized spacial score (nSPS) is 12.1. The molecule has 1 atom stereocenters. The Morgan fingerprint density at radius 1 is 1.16 bits per heavy atom. The monoisotopic (exact) mass is 336 g/mol. The van der Waals surface area contributed by atoms with Gasteiger partial charge in [0.15, 0.2) is 0 Å². The second-order valence-electron chi connectivity index (χ2n) is 6.02. The number of nitrogens with zero attached hydrogens (tertiary/aromatic N) is 1. The van der Waals surface area contributed by atoms with Crippen LogP contribution in [0.2, 0.25) is 0 Å². The number of hydrogen-bond donors (Lipinski definition) is 2. The fraction of sp³-hybridized carbons (Fsp3) is 0.200. The van der Waals surface area contributed by atoms with E-state index < -0.39 is 12.0 Å². The molecule has 0 spiro atoms. The van der Waals surface area contributed by atoms with E-state index in [4.69, 9.17) is 10.3 Å². The standard InChI is InChI=1S/C20H20N2O3/c1-13-7-9-15(10-8-13)19-18(20(21)24)17(25-22-19)12-11-16(23)14-5-3-2-4-6-14/h2-10,16,23H,11-12H2,1H3,(H2,21,24). The van der Waals surface area contributed by atoms with Gasteiger partial charge in [-0.05, 0) is 18.9 Å². The van der Waals surface area contributed by atoms with Crippen LogP contribution in [0.4, 0.5) is 0 Å². The van der Waals surface area contributed by atoms with E-state index in [1.165, 1.54) is 0 Å². The Morgan fingerprint density at radius 2 is 1.84 bits per heavy atom. The van der Waals surface area contributed by atoms with Gasteiger partial charge in [0, 0.05) is 12.0 Å². The quantitative estimate of drug-likeness (QED) is 0.722. The van der Waals surface area contributed by atoms with Crippen LogP contribution >= 0.6 is 0 Å². The van der Waals surface area contributed by atoms with Crippen molar-refractivity contribution in [3.05, 3.63) is 77.0 Å². The van der Waals surface area contributed by atoms with Crippen LogP contribution in [-0.2, 0) is 6.42 Å². The van der Waals surface area contributed by atoms with E-state index in [9.17, 15) is 9.90 Å². The van der Waals surface area contributed by atoms with Gasteiger partial charge >= 0.3 is 0 Å². The average Bonchev–Trinajstić information content (AvgIpc) is 3.05. The summed E-state index contributed by atoms with van der Waals surface area (Å²) in [5.74, 6) is -0.181. The molecule has 128 valence electrons. The molecule has 0 fully saturated rings. The Bertz CT molecular complexity index is 854. The molecule has 0 aliphatic rings. The molecule has 0 saturated heterocycles. The van der Waals surface area contributed by atoms with Crippen LogP contribution < -0.4 is 5.73 Å². The first-order chi connectivity index (χ1) is 12.1. The van der Waals surface area contributed by atoms with Gasteiger partial charge in [-0.3, -0.25) is 4.79 Å². The number of carbonyl (C=O) groups is 1. The highest BCUT2D eigenvalue weighted by molar-refractivity contribution is 5.99. The summed E-state index contributed by atoms with van der Waals surface area (Å²) < 4.78 is 5.37. The lowest BCUT2D eigenvalue weighted by atomic mass is 10.00. The zero-order chi connectivity index (χ0) is 17.8. The Balaban J connectivity index is 1.82. The number of aliphatic hydroxyl groups excluding tert-OH is 1. The Hall–Kier alpha value is -2.92. The molecule has 0 radical (unpaired) electrons. The molecule has 25 heavy (non-hydrogen) atoms. The summed E-state index contributed by atoms with van der Waals surface area (Å²) in [5.41, 5.74) is 8.97. The molecule has 0 bridgehead atoms. The van der Waals surface area contributed by atoms with E-state index in [1.807, 2.05) is 61.5 Å².